The van der Waals surface area contributed by atoms with Crippen molar-refractivity contribution in [2.75, 3.05) is 6.54 Å². The van der Waals surface area contributed by atoms with Gasteiger partial charge in [0.1, 0.15) is 6.33 Å². The molecular weight excluding hydrogens is 320 g/mol. The number of piperidine rings is 1. The third-order valence-corrected chi connectivity index (χ3v) is 5.71. The molecule has 2 fully saturated rings. The summed E-state index contributed by atoms with van der Waals surface area (Å²) in [6, 6.07) is 0.428. The lowest BCUT2D eigenvalue weighted by atomic mass is 9.72. The number of amides is 1. The Bertz CT molecular complexity index is 713. The normalized spacial score (nSPS) is 26.4. The number of fused-ring (bicyclic) bond motifs is 1. The van der Waals surface area contributed by atoms with Crippen LogP contribution in [0, 0.1) is 11.8 Å². The molecule has 0 aromatic carbocycles. The van der Waals surface area contributed by atoms with E-state index in [9.17, 15) is 4.79 Å². The smallest absolute Gasteiger partial charge is 0.239 e. The highest BCUT2D eigenvalue weighted by molar-refractivity contribution is 5.76. The number of likely N-dealkylation sites (tertiary alicyclic amines) is 1. The van der Waals surface area contributed by atoms with Gasteiger partial charge in [0, 0.05) is 25.4 Å². The average molecular weight is 344 g/mol. The van der Waals surface area contributed by atoms with Gasteiger partial charge in [-0.2, -0.15) is 10.1 Å². The number of aromatic nitrogens is 5. The van der Waals surface area contributed by atoms with Crippen LogP contribution in [0.5, 0.6) is 0 Å². The standard InChI is InChI=1S/C17H24N6O2/c1-11-8-9-23(13-5-3-2-4-12(11)13)15(24)7-6-14-20-17(22-25-14)16-18-10-19-21-16/h10-13H,2-9H2,1H3,(H,18,19,21). The predicted molar refractivity (Wildman–Crippen MR) is 89.2 cm³/mol. The number of aryl methyl sites for hydroxylation is 1. The minimum absolute atomic E-state index is 0.211. The maximum absolute atomic E-state index is 12.8. The first kappa shape index (κ1) is 16.2. The first-order chi connectivity index (χ1) is 12.2. The molecular formula is C17H24N6O2. The summed E-state index contributed by atoms with van der Waals surface area (Å²) in [5, 5.41) is 10.3. The molecule has 3 unspecified atom stereocenters. The lowest BCUT2D eigenvalue weighted by Gasteiger charge is -2.47. The number of carbonyl (C=O) groups is 1. The Labute approximate surface area is 146 Å². The van der Waals surface area contributed by atoms with Crippen molar-refractivity contribution >= 4 is 5.91 Å². The Kier molecular flexibility index (Phi) is 4.50. The van der Waals surface area contributed by atoms with Crippen LogP contribution in [0.15, 0.2) is 10.9 Å². The molecule has 1 saturated heterocycles. The molecule has 1 amide bonds. The molecule has 0 radical (unpaired) electrons. The number of nitrogens with zero attached hydrogens (tertiary/aromatic N) is 5. The lowest BCUT2D eigenvalue weighted by Crippen LogP contribution is -2.52. The van der Waals surface area contributed by atoms with Crippen molar-refractivity contribution in [3.63, 3.8) is 0 Å². The van der Waals surface area contributed by atoms with Crippen molar-refractivity contribution in [3.8, 4) is 11.6 Å². The van der Waals surface area contributed by atoms with Crippen LogP contribution >= 0.6 is 0 Å². The number of carbonyl (C=O) groups excluding carboxylic acids is 1. The third kappa shape index (κ3) is 3.29. The van der Waals surface area contributed by atoms with Crippen molar-refractivity contribution < 1.29 is 9.32 Å². The van der Waals surface area contributed by atoms with Gasteiger partial charge in [0.25, 0.3) is 0 Å². The van der Waals surface area contributed by atoms with Crippen LogP contribution in [0.25, 0.3) is 11.6 Å². The molecule has 2 aromatic rings. The van der Waals surface area contributed by atoms with Gasteiger partial charge in [-0.1, -0.05) is 24.9 Å². The van der Waals surface area contributed by atoms with Crippen molar-refractivity contribution in [3.05, 3.63) is 12.2 Å². The second kappa shape index (κ2) is 6.93. The Balaban J connectivity index is 1.37. The van der Waals surface area contributed by atoms with E-state index in [0.29, 0.717) is 42.3 Å². The van der Waals surface area contributed by atoms with E-state index in [1.54, 1.807) is 0 Å². The minimum atomic E-state index is 0.211. The van der Waals surface area contributed by atoms with E-state index in [2.05, 4.69) is 37.1 Å². The molecule has 8 heteroatoms. The Morgan fingerprint density at radius 2 is 2.24 bits per heavy atom. The van der Waals surface area contributed by atoms with Gasteiger partial charge in [0.15, 0.2) is 5.82 Å². The SMILES string of the molecule is CC1CCN(C(=O)CCc2nc(-c3ncn[nH]3)no2)C2CCCCC12. The fourth-order valence-electron chi connectivity index (χ4n) is 4.35. The molecule has 2 aliphatic rings. The van der Waals surface area contributed by atoms with Crippen molar-refractivity contribution in [1.82, 2.24) is 30.2 Å². The van der Waals surface area contributed by atoms with E-state index in [0.717, 1.165) is 25.3 Å². The zero-order chi connectivity index (χ0) is 17.2. The molecule has 1 aliphatic heterocycles. The van der Waals surface area contributed by atoms with Crippen LogP contribution in [0.2, 0.25) is 0 Å². The van der Waals surface area contributed by atoms with Crippen LogP contribution in [0.3, 0.4) is 0 Å². The topological polar surface area (TPSA) is 101 Å². The lowest BCUT2D eigenvalue weighted by molar-refractivity contribution is -0.139. The van der Waals surface area contributed by atoms with E-state index in [1.165, 1.54) is 25.6 Å². The summed E-state index contributed by atoms with van der Waals surface area (Å²) in [7, 11) is 0. The van der Waals surface area contributed by atoms with Crippen molar-refractivity contribution in [1.29, 1.82) is 0 Å². The van der Waals surface area contributed by atoms with Crippen LogP contribution in [0.4, 0.5) is 0 Å². The van der Waals surface area contributed by atoms with Gasteiger partial charge in [0.05, 0.1) is 0 Å². The number of H-pyrrole nitrogens is 1. The van der Waals surface area contributed by atoms with E-state index in [1.807, 2.05) is 0 Å². The Hall–Kier alpha value is -2.25. The average Bonchev–Trinajstić information content (AvgIpc) is 3.32. The highest BCUT2D eigenvalue weighted by Crippen LogP contribution is 2.39. The number of nitrogens with one attached hydrogen (secondary N) is 1. The quantitative estimate of drug-likeness (QED) is 0.912. The van der Waals surface area contributed by atoms with Gasteiger partial charge in [-0.15, -0.1) is 0 Å². The largest absolute Gasteiger partial charge is 0.339 e. The molecule has 0 spiro atoms. The fraction of sp³-hybridized carbons (Fsp3) is 0.706. The monoisotopic (exact) mass is 344 g/mol. The highest BCUT2D eigenvalue weighted by atomic mass is 16.5. The molecule has 1 aliphatic carbocycles. The molecule has 0 bridgehead atoms. The molecule has 8 nitrogen and oxygen atoms in total. The molecule has 4 rings (SSSR count). The maximum atomic E-state index is 12.8. The predicted octanol–water partition coefficient (Wildman–Crippen LogP) is 2.21. The maximum Gasteiger partial charge on any atom is 0.239 e. The molecule has 134 valence electrons. The van der Waals surface area contributed by atoms with Crippen LogP contribution in [-0.4, -0.2) is 48.7 Å². The molecule has 2 aromatic heterocycles. The van der Waals surface area contributed by atoms with Gasteiger partial charge in [-0.05, 0) is 31.1 Å². The first-order valence-corrected chi connectivity index (χ1v) is 9.20. The first-order valence-electron chi connectivity index (χ1n) is 9.20. The summed E-state index contributed by atoms with van der Waals surface area (Å²) in [6.45, 7) is 3.22. The zero-order valence-electron chi connectivity index (χ0n) is 14.5. The summed E-state index contributed by atoms with van der Waals surface area (Å²) >= 11 is 0. The van der Waals surface area contributed by atoms with Gasteiger partial charge in [0.2, 0.25) is 17.6 Å². The second-order valence-electron chi connectivity index (χ2n) is 7.21. The zero-order valence-corrected chi connectivity index (χ0v) is 14.5. The molecule has 1 N–H and O–H groups in total. The summed E-state index contributed by atoms with van der Waals surface area (Å²) in [4.78, 5) is 23.2. The highest BCUT2D eigenvalue weighted by Gasteiger charge is 2.39. The van der Waals surface area contributed by atoms with E-state index in [-0.39, 0.29) is 5.91 Å². The van der Waals surface area contributed by atoms with Crippen LogP contribution < -0.4 is 0 Å². The number of hydrogen-bond acceptors (Lipinski definition) is 6. The molecule has 1 saturated carbocycles. The summed E-state index contributed by atoms with van der Waals surface area (Å²) in [5.74, 6) is 2.92. The number of aromatic amines is 1. The van der Waals surface area contributed by atoms with Gasteiger partial charge < -0.3 is 9.42 Å². The second-order valence-corrected chi connectivity index (χ2v) is 7.21. The van der Waals surface area contributed by atoms with Crippen LogP contribution in [-0.2, 0) is 11.2 Å². The van der Waals surface area contributed by atoms with Crippen molar-refractivity contribution in [2.24, 2.45) is 11.8 Å². The van der Waals surface area contributed by atoms with Crippen LogP contribution in [0.1, 0.15) is 51.3 Å². The summed E-state index contributed by atoms with van der Waals surface area (Å²) in [6.07, 6.45) is 8.34. The number of rotatable bonds is 4. The van der Waals surface area contributed by atoms with E-state index >= 15 is 0 Å². The van der Waals surface area contributed by atoms with Gasteiger partial charge >= 0.3 is 0 Å². The number of hydrogen-bond donors (Lipinski definition) is 1. The Morgan fingerprint density at radius 1 is 1.36 bits per heavy atom. The molecule has 3 atom stereocenters. The van der Waals surface area contributed by atoms with Crippen molar-refractivity contribution in [2.45, 2.75) is 57.9 Å². The van der Waals surface area contributed by atoms with E-state index < -0.39 is 0 Å². The third-order valence-electron chi connectivity index (χ3n) is 5.71. The molecule has 25 heavy (non-hydrogen) atoms. The summed E-state index contributed by atoms with van der Waals surface area (Å²) < 4.78 is 5.23. The fourth-order valence-corrected chi connectivity index (χ4v) is 4.35. The molecule has 3 heterocycles. The van der Waals surface area contributed by atoms with Gasteiger partial charge in [-0.3, -0.25) is 9.89 Å². The van der Waals surface area contributed by atoms with Gasteiger partial charge in [-0.25, -0.2) is 4.98 Å². The summed E-state index contributed by atoms with van der Waals surface area (Å²) in [5.41, 5.74) is 0. The Morgan fingerprint density at radius 3 is 3.08 bits per heavy atom. The van der Waals surface area contributed by atoms with E-state index in [4.69, 9.17) is 4.52 Å². The minimum Gasteiger partial charge on any atom is -0.339 e.